The number of amides is 1. The fourth-order valence-corrected chi connectivity index (χ4v) is 3.67. The molecule has 1 aromatic heterocycles. The fourth-order valence-electron chi connectivity index (χ4n) is 3.50. The largest absolute Gasteiger partial charge is 0.497 e. The van der Waals surface area contributed by atoms with Crippen molar-refractivity contribution < 1.29 is 28.2 Å². The third kappa shape index (κ3) is 4.68. The Balaban J connectivity index is 1.43. The molecule has 0 saturated carbocycles. The van der Waals surface area contributed by atoms with Crippen LogP contribution in [0, 0.1) is 0 Å². The number of benzene rings is 2. The number of morpholine rings is 1. The average molecular weight is 444 g/mol. The Morgan fingerprint density at radius 3 is 2.81 bits per heavy atom. The molecule has 1 aliphatic heterocycles. The van der Waals surface area contributed by atoms with Crippen molar-refractivity contribution in [2.24, 2.45) is 0 Å². The lowest BCUT2D eigenvalue weighted by Gasteiger charge is -2.32. The lowest BCUT2D eigenvalue weighted by atomic mass is 10.1. The molecule has 4 rings (SSSR count). The Bertz CT molecular complexity index is 1120. The summed E-state index contributed by atoms with van der Waals surface area (Å²) < 4.78 is 22.5. The normalized spacial score (nSPS) is 16.4. The second kappa shape index (κ2) is 8.99. The van der Waals surface area contributed by atoms with Crippen molar-refractivity contribution >= 4 is 34.3 Å². The minimum absolute atomic E-state index is 0.139. The first-order valence-electron chi connectivity index (χ1n) is 9.86. The summed E-state index contributed by atoms with van der Waals surface area (Å²) in [4.78, 5) is 26.5. The number of carbonyl (C=O) groups is 2. The maximum Gasteiger partial charge on any atom is 0.289 e. The van der Waals surface area contributed by atoms with Gasteiger partial charge in [0.15, 0.2) is 11.5 Å². The van der Waals surface area contributed by atoms with Crippen LogP contribution in [0.15, 0.2) is 46.9 Å². The summed E-state index contributed by atoms with van der Waals surface area (Å²) in [6.45, 7) is 2.84. The van der Waals surface area contributed by atoms with Gasteiger partial charge in [-0.3, -0.25) is 9.59 Å². The zero-order chi connectivity index (χ0) is 22.0. The van der Waals surface area contributed by atoms with Gasteiger partial charge in [0.1, 0.15) is 29.8 Å². The van der Waals surface area contributed by atoms with Crippen molar-refractivity contribution in [1.82, 2.24) is 4.90 Å². The van der Waals surface area contributed by atoms with Crippen LogP contribution in [0.25, 0.3) is 11.0 Å². The number of Topliss-reactive ketones (excluding diaryl/α,β-unsaturated/α-hetero) is 1. The lowest BCUT2D eigenvalue weighted by Crippen LogP contribution is -2.47. The van der Waals surface area contributed by atoms with Gasteiger partial charge >= 0.3 is 0 Å². The van der Waals surface area contributed by atoms with E-state index in [4.69, 9.17) is 30.2 Å². The van der Waals surface area contributed by atoms with E-state index in [9.17, 15) is 9.59 Å². The molecule has 0 N–H and O–H groups in total. The van der Waals surface area contributed by atoms with E-state index in [1.165, 1.54) is 6.92 Å². The quantitative estimate of drug-likeness (QED) is 0.531. The summed E-state index contributed by atoms with van der Waals surface area (Å²) >= 11 is 5.98. The van der Waals surface area contributed by atoms with E-state index < -0.39 is 0 Å². The molecule has 3 aromatic rings. The molecule has 2 aromatic carbocycles. The molecule has 1 unspecified atom stereocenters. The summed E-state index contributed by atoms with van der Waals surface area (Å²) in [7, 11) is 1.59. The summed E-state index contributed by atoms with van der Waals surface area (Å²) in [5.41, 5.74) is 1.03. The van der Waals surface area contributed by atoms with Crippen LogP contribution in [0.4, 0.5) is 0 Å². The standard InChI is InChI=1S/C23H22ClNO6/c1-14(26)19-11-16(24)3-5-21(19)30-13-18-12-25(7-8-29-18)23(27)22-10-15-9-17(28-2)4-6-20(15)31-22/h3-6,9-11,18H,7-8,12-13H2,1-2H3. The molecule has 1 saturated heterocycles. The van der Waals surface area contributed by atoms with Gasteiger partial charge in [0, 0.05) is 17.0 Å². The van der Waals surface area contributed by atoms with Crippen LogP contribution < -0.4 is 9.47 Å². The summed E-state index contributed by atoms with van der Waals surface area (Å²) in [6.07, 6.45) is -0.336. The molecule has 0 spiro atoms. The molecule has 1 amide bonds. The van der Waals surface area contributed by atoms with Gasteiger partial charge in [0.05, 0.1) is 25.8 Å². The lowest BCUT2D eigenvalue weighted by molar-refractivity contribution is -0.0408. The van der Waals surface area contributed by atoms with Crippen LogP contribution in [0.5, 0.6) is 11.5 Å². The van der Waals surface area contributed by atoms with Gasteiger partial charge in [0.2, 0.25) is 0 Å². The van der Waals surface area contributed by atoms with Gasteiger partial charge in [-0.25, -0.2) is 0 Å². The molecular weight excluding hydrogens is 422 g/mol. The van der Waals surface area contributed by atoms with E-state index in [-0.39, 0.29) is 30.2 Å². The molecule has 1 aliphatic rings. The van der Waals surface area contributed by atoms with Gasteiger partial charge in [-0.2, -0.15) is 0 Å². The molecule has 0 aliphatic carbocycles. The summed E-state index contributed by atoms with van der Waals surface area (Å²) in [6, 6.07) is 12.0. The van der Waals surface area contributed by atoms with Crippen LogP contribution in [-0.2, 0) is 4.74 Å². The Labute approximate surface area is 184 Å². The Hall–Kier alpha value is -3.03. The molecule has 1 atom stereocenters. The van der Waals surface area contributed by atoms with Crippen molar-refractivity contribution in [1.29, 1.82) is 0 Å². The van der Waals surface area contributed by atoms with Gasteiger partial charge in [-0.05, 0) is 49.4 Å². The van der Waals surface area contributed by atoms with Crippen molar-refractivity contribution in [3.05, 3.63) is 58.8 Å². The first-order chi connectivity index (χ1) is 14.9. The molecule has 7 nitrogen and oxygen atoms in total. The molecule has 0 bridgehead atoms. The molecule has 8 heteroatoms. The molecule has 0 radical (unpaired) electrons. The van der Waals surface area contributed by atoms with Crippen LogP contribution in [0.2, 0.25) is 5.02 Å². The van der Waals surface area contributed by atoms with Crippen LogP contribution in [-0.4, -0.2) is 56.1 Å². The molecular formula is C23H22ClNO6. The number of ketones is 1. The number of carbonyl (C=O) groups excluding carboxylic acids is 2. The van der Waals surface area contributed by atoms with Gasteiger partial charge in [0.25, 0.3) is 5.91 Å². The highest BCUT2D eigenvalue weighted by Crippen LogP contribution is 2.26. The van der Waals surface area contributed by atoms with Gasteiger partial charge in [-0.15, -0.1) is 0 Å². The van der Waals surface area contributed by atoms with Crippen molar-refractivity contribution in [2.75, 3.05) is 33.4 Å². The van der Waals surface area contributed by atoms with E-state index in [0.29, 0.717) is 47.4 Å². The monoisotopic (exact) mass is 443 g/mol. The molecule has 2 heterocycles. The minimum Gasteiger partial charge on any atom is -0.497 e. The number of furan rings is 1. The number of ether oxygens (including phenoxy) is 3. The van der Waals surface area contributed by atoms with Crippen molar-refractivity contribution in [3.63, 3.8) is 0 Å². The first-order valence-corrected chi connectivity index (χ1v) is 10.2. The predicted octanol–water partition coefficient (Wildman–Crippen LogP) is 4.22. The summed E-state index contributed by atoms with van der Waals surface area (Å²) in [5.74, 6) is 1.05. The Morgan fingerprint density at radius 2 is 2.03 bits per heavy atom. The van der Waals surface area contributed by atoms with Gasteiger partial charge < -0.3 is 23.5 Å². The number of hydrogen-bond acceptors (Lipinski definition) is 6. The summed E-state index contributed by atoms with van der Waals surface area (Å²) in [5, 5.41) is 1.27. The molecule has 162 valence electrons. The van der Waals surface area contributed by atoms with Crippen LogP contribution in [0.3, 0.4) is 0 Å². The third-order valence-corrected chi connectivity index (χ3v) is 5.34. The first kappa shape index (κ1) is 21.2. The van der Waals surface area contributed by atoms with E-state index in [2.05, 4.69) is 0 Å². The number of methoxy groups -OCH3 is 1. The molecule has 1 fully saturated rings. The average Bonchev–Trinajstić information content (AvgIpc) is 3.21. The number of fused-ring (bicyclic) bond motifs is 1. The van der Waals surface area contributed by atoms with E-state index >= 15 is 0 Å². The molecule has 31 heavy (non-hydrogen) atoms. The number of nitrogens with zero attached hydrogens (tertiary/aromatic N) is 1. The second-order valence-corrected chi connectivity index (χ2v) is 7.70. The Morgan fingerprint density at radius 1 is 1.19 bits per heavy atom. The Kier molecular flexibility index (Phi) is 6.15. The van der Waals surface area contributed by atoms with Crippen molar-refractivity contribution in [2.45, 2.75) is 13.0 Å². The number of halogens is 1. The van der Waals surface area contributed by atoms with Crippen LogP contribution in [0.1, 0.15) is 27.8 Å². The minimum atomic E-state index is -0.336. The zero-order valence-corrected chi connectivity index (χ0v) is 18.0. The van der Waals surface area contributed by atoms with Crippen LogP contribution >= 0.6 is 11.6 Å². The SMILES string of the molecule is COc1ccc2oc(C(=O)N3CCOC(COc4ccc(Cl)cc4C(C)=O)C3)cc2c1. The fraction of sp³-hybridized carbons (Fsp3) is 0.304. The maximum atomic E-state index is 13.0. The maximum absolute atomic E-state index is 13.0. The highest BCUT2D eigenvalue weighted by molar-refractivity contribution is 6.31. The zero-order valence-electron chi connectivity index (χ0n) is 17.2. The van der Waals surface area contributed by atoms with Crippen molar-refractivity contribution in [3.8, 4) is 11.5 Å². The third-order valence-electron chi connectivity index (χ3n) is 5.11. The topological polar surface area (TPSA) is 78.2 Å². The van der Waals surface area contributed by atoms with Gasteiger partial charge in [-0.1, -0.05) is 11.6 Å². The highest BCUT2D eigenvalue weighted by atomic mass is 35.5. The van der Waals surface area contributed by atoms with E-state index in [1.807, 2.05) is 6.07 Å². The number of hydrogen-bond donors (Lipinski definition) is 0. The highest BCUT2D eigenvalue weighted by Gasteiger charge is 2.28. The predicted molar refractivity (Wildman–Crippen MR) is 115 cm³/mol. The smallest absolute Gasteiger partial charge is 0.289 e. The second-order valence-electron chi connectivity index (χ2n) is 7.27. The number of rotatable bonds is 6. The van der Waals surface area contributed by atoms with E-state index in [1.54, 1.807) is 48.4 Å². The van der Waals surface area contributed by atoms with E-state index in [0.717, 1.165) is 5.39 Å².